The normalized spacial score (nSPS) is 11.0. The number of hydrogen-bond acceptors (Lipinski definition) is 2. The number of hydrogen-bond donors (Lipinski definition) is 0. The van der Waals surface area contributed by atoms with Crippen LogP contribution in [0, 0.1) is 0 Å². The lowest BCUT2D eigenvalue weighted by Gasteiger charge is -2.09. The molecule has 0 saturated carbocycles. The van der Waals surface area contributed by atoms with Gasteiger partial charge in [-0.15, -0.1) is 0 Å². The molecule has 2 heterocycles. The molecule has 0 fully saturated rings. The Morgan fingerprint density at radius 3 is 2.50 bits per heavy atom. The summed E-state index contributed by atoms with van der Waals surface area (Å²) in [5.74, 6) is 0. The highest BCUT2D eigenvalue weighted by Crippen LogP contribution is 2.33. The van der Waals surface area contributed by atoms with Crippen molar-refractivity contribution in [2.45, 2.75) is 0 Å². The van der Waals surface area contributed by atoms with Crippen LogP contribution in [0.25, 0.3) is 32.8 Å². The molecule has 0 aliphatic heterocycles. The molecule has 0 radical (unpaired) electrons. The summed E-state index contributed by atoms with van der Waals surface area (Å²) in [5, 5.41) is 4.81. The van der Waals surface area contributed by atoms with Crippen molar-refractivity contribution in [3.63, 3.8) is 0 Å². The minimum absolute atomic E-state index is 0.995. The third-order valence-corrected chi connectivity index (χ3v) is 3.60. The first-order valence-corrected chi connectivity index (χ1v) is 6.60. The Hall–Kier alpha value is -2.74. The van der Waals surface area contributed by atoms with Crippen LogP contribution in [0.4, 0.5) is 0 Å². The minimum Gasteiger partial charge on any atom is -0.264 e. The SMILES string of the molecule is c1ccc(-c2cc3ccccc3c3cnccc23)nc1. The van der Waals surface area contributed by atoms with Gasteiger partial charge in [-0.05, 0) is 40.4 Å². The molecule has 4 rings (SSSR count). The Morgan fingerprint density at radius 2 is 1.60 bits per heavy atom. The molecule has 0 spiro atoms. The standard InChI is InChI=1S/C18H12N2/c1-2-6-14-13(5-1)11-16(18-7-3-4-9-20-18)15-8-10-19-12-17(14)15/h1-12H. The molecule has 0 N–H and O–H groups in total. The highest BCUT2D eigenvalue weighted by atomic mass is 14.7. The summed E-state index contributed by atoms with van der Waals surface area (Å²) < 4.78 is 0. The van der Waals surface area contributed by atoms with Crippen LogP contribution < -0.4 is 0 Å². The van der Waals surface area contributed by atoms with E-state index in [2.05, 4.69) is 46.4 Å². The molecule has 0 saturated heterocycles. The van der Waals surface area contributed by atoms with Crippen LogP contribution in [-0.2, 0) is 0 Å². The first-order chi connectivity index (χ1) is 9.93. The first kappa shape index (κ1) is 11.1. The lowest BCUT2D eigenvalue weighted by atomic mass is 9.97. The lowest BCUT2D eigenvalue weighted by Crippen LogP contribution is -1.87. The van der Waals surface area contributed by atoms with Crippen molar-refractivity contribution in [1.82, 2.24) is 9.97 Å². The summed E-state index contributed by atoms with van der Waals surface area (Å²) in [7, 11) is 0. The Bertz CT molecular complexity index is 899. The molecule has 20 heavy (non-hydrogen) atoms. The van der Waals surface area contributed by atoms with Crippen LogP contribution in [0.2, 0.25) is 0 Å². The van der Waals surface area contributed by atoms with Crippen LogP contribution in [0.1, 0.15) is 0 Å². The zero-order valence-corrected chi connectivity index (χ0v) is 10.8. The van der Waals surface area contributed by atoms with Crippen molar-refractivity contribution in [1.29, 1.82) is 0 Å². The molecule has 2 nitrogen and oxygen atoms in total. The molecule has 0 amide bonds. The van der Waals surface area contributed by atoms with E-state index in [0.29, 0.717) is 0 Å². The van der Waals surface area contributed by atoms with Gasteiger partial charge in [-0.2, -0.15) is 0 Å². The zero-order chi connectivity index (χ0) is 13.4. The van der Waals surface area contributed by atoms with E-state index in [4.69, 9.17) is 0 Å². The number of pyridine rings is 2. The fraction of sp³-hybridized carbons (Fsp3) is 0. The smallest absolute Gasteiger partial charge is 0.0708 e. The van der Waals surface area contributed by atoms with Crippen molar-refractivity contribution in [2.24, 2.45) is 0 Å². The number of nitrogens with zero attached hydrogens (tertiary/aromatic N) is 2. The van der Waals surface area contributed by atoms with Gasteiger partial charge in [0, 0.05) is 29.5 Å². The predicted octanol–water partition coefficient (Wildman–Crippen LogP) is 4.45. The molecular weight excluding hydrogens is 244 g/mol. The molecule has 0 bridgehead atoms. The van der Waals surface area contributed by atoms with Crippen LogP contribution in [0.3, 0.4) is 0 Å². The molecule has 0 atom stereocenters. The van der Waals surface area contributed by atoms with Gasteiger partial charge in [-0.3, -0.25) is 9.97 Å². The molecular formula is C18H12N2. The van der Waals surface area contributed by atoms with Gasteiger partial charge in [-0.25, -0.2) is 0 Å². The second-order valence-electron chi connectivity index (χ2n) is 4.78. The summed E-state index contributed by atoms with van der Waals surface area (Å²) in [6, 6.07) is 18.7. The van der Waals surface area contributed by atoms with Crippen molar-refractivity contribution in [3.05, 3.63) is 73.2 Å². The molecule has 0 aliphatic carbocycles. The maximum Gasteiger partial charge on any atom is 0.0708 e. The van der Waals surface area contributed by atoms with Gasteiger partial charge in [0.2, 0.25) is 0 Å². The van der Waals surface area contributed by atoms with E-state index >= 15 is 0 Å². The van der Waals surface area contributed by atoms with Crippen molar-refractivity contribution in [3.8, 4) is 11.3 Å². The van der Waals surface area contributed by atoms with Crippen molar-refractivity contribution in [2.75, 3.05) is 0 Å². The summed E-state index contributed by atoms with van der Waals surface area (Å²) in [5.41, 5.74) is 2.15. The zero-order valence-electron chi connectivity index (χ0n) is 10.8. The topological polar surface area (TPSA) is 25.8 Å². The third kappa shape index (κ3) is 1.66. The number of aromatic nitrogens is 2. The van der Waals surface area contributed by atoms with Gasteiger partial charge >= 0.3 is 0 Å². The van der Waals surface area contributed by atoms with E-state index < -0.39 is 0 Å². The second-order valence-corrected chi connectivity index (χ2v) is 4.78. The second kappa shape index (κ2) is 4.42. The fourth-order valence-corrected chi connectivity index (χ4v) is 2.68. The molecule has 0 aliphatic rings. The molecule has 2 aromatic heterocycles. The maximum absolute atomic E-state index is 4.49. The summed E-state index contributed by atoms with van der Waals surface area (Å²) in [6.45, 7) is 0. The monoisotopic (exact) mass is 256 g/mol. The van der Waals surface area contributed by atoms with Gasteiger partial charge in [-0.1, -0.05) is 30.3 Å². The molecule has 2 heteroatoms. The molecule has 0 unspecified atom stereocenters. The maximum atomic E-state index is 4.49. The van der Waals surface area contributed by atoms with Crippen LogP contribution in [0.15, 0.2) is 73.2 Å². The predicted molar refractivity (Wildman–Crippen MR) is 82.5 cm³/mol. The Kier molecular flexibility index (Phi) is 2.46. The van der Waals surface area contributed by atoms with E-state index in [9.17, 15) is 0 Å². The fourth-order valence-electron chi connectivity index (χ4n) is 2.68. The summed E-state index contributed by atoms with van der Waals surface area (Å²) in [4.78, 5) is 8.76. The van der Waals surface area contributed by atoms with Crippen LogP contribution in [-0.4, -0.2) is 9.97 Å². The molecule has 4 aromatic rings. The number of fused-ring (bicyclic) bond motifs is 3. The highest BCUT2D eigenvalue weighted by molar-refractivity contribution is 6.13. The molecule has 94 valence electrons. The van der Waals surface area contributed by atoms with E-state index in [0.717, 1.165) is 11.3 Å². The van der Waals surface area contributed by atoms with Gasteiger partial charge < -0.3 is 0 Å². The lowest BCUT2D eigenvalue weighted by molar-refractivity contribution is 1.33. The van der Waals surface area contributed by atoms with Gasteiger partial charge in [0.15, 0.2) is 0 Å². The van der Waals surface area contributed by atoms with E-state index in [-0.39, 0.29) is 0 Å². The van der Waals surface area contributed by atoms with E-state index in [1.165, 1.54) is 21.5 Å². The van der Waals surface area contributed by atoms with Crippen LogP contribution in [0.5, 0.6) is 0 Å². The van der Waals surface area contributed by atoms with Gasteiger partial charge in [0.05, 0.1) is 5.69 Å². The van der Waals surface area contributed by atoms with Gasteiger partial charge in [0.1, 0.15) is 0 Å². The van der Waals surface area contributed by atoms with Crippen molar-refractivity contribution >= 4 is 21.5 Å². The van der Waals surface area contributed by atoms with Gasteiger partial charge in [0.25, 0.3) is 0 Å². The third-order valence-electron chi connectivity index (χ3n) is 3.60. The quantitative estimate of drug-likeness (QED) is 0.470. The number of rotatable bonds is 1. The average molecular weight is 256 g/mol. The summed E-state index contributed by atoms with van der Waals surface area (Å²) >= 11 is 0. The van der Waals surface area contributed by atoms with Crippen molar-refractivity contribution < 1.29 is 0 Å². The largest absolute Gasteiger partial charge is 0.264 e. The Morgan fingerprint density at radius 1 is 0.700 bits per heavy atom. The number of benzene rings is 2. The molecule has 2 aromatic carbocycles. The Labute approximate surface area is 116 Å². The Balaban J connectivity index is 2.19. The average Bonchev–Trinajstić information content (AvgIpc) is 2.55. The summed E-state index contributed by atoms with van der Waals surface area (Å²) in [6.07, 6.45) is 5.60. The minimum atomic E-state index is 0.995. The highest BCUT2D eigenvalue weighted by Gasteiger charge is 2.08. The van der Waals surface area contributed by atoms with E-state index in [1.807, 2.05) is 36.8 Å². The first-order valence-electron chi connectivity index (χ1n) is 6.60. The van der Waals surface area contributed by atoms with Crippen LogP contribution >= 0.6 is 0 Å². The van der Waals surface area contributed by atoms with E-state index in [1.54, 1.807) is 0 Å².